The lowest BCUT2D eigenvalue weighted by Gasteiger charge is -2.10. The van der Waals surface area contributed by atoms with E-state index in [1.54, 1.807) is 18.2 Å². The molecule has 126 valence electrons. The zero-order valence-electron chi connectivity index (χ0n) is 13.3. The van der Waals surface area contributed by atoms with Gasteiger partial charge in [0.15, 0.2) is 5.76 Å². The number of furan rings is 2. The van der Waals surface area contributed by atoms with E-state index in [-0.39, 0.29) is 11.5 Å². The fraction of sp³-hybridized carbons (Fsp3) is 0.0526. The lowest BCUT2D eigenvalue weighted by atomic mass is 10.2. The highest BCUT2D eigenvalue weighted by Crippen LogP contribution is 2.08. The lowest BCUT2D eigenvalue weighted by molar-refractivity contribution is -0.117. The van der Waals surface area contributed by atoms with E-state index in [0.29, 0.717) is 12.3 Å². The van der Waals surface area contributed by atoms with Crippen molar-refractivity contribution in [1.29, 1.82) is 0 Å². The maximum atomic E-state index is 12.5. The maximum Gasteiger partial charge on any atom is 0.291 e. The number of hydrogen-bond acceptors (Lipinski definition) is 4. The molecule has 1 aromatic carbocycles. The first kappa shape index (κ1) is 16.3. The second-order valence-electron chi connectivity index (χ2n) is 5.17. The van der Waals surface area contributed by atoms with E-state index in [9.17, 15) is 9.59 Å². The van der Waals surface area contributed by atoms with Crippen molar-refractivity contribution >= 4 is 17.9 Å². The predicted octanol–water partition coefficient (Wildman–Crippen LogP) is 2.96. The molecule has 2 heterocycles. The number of rotatable bonds is 6. The standard InChI is InChI=1S/C19H16N2O4/c22-18(20-13-14-6-2-1-3-7-14)16(12-15-8-4-10-24-15)21-19(23)17-9-5-11-25-17/h1-12H,13H2,(H,20,22)(H,21,23)/b16-12-. The summed E-state index contributed by atoms with van der Waals surface area (Å²) in [5.41, 5.74) is 1.01. The molecule has 0 saturated carbocycles. The molecule has 0 fully saturated rings. The zero-order chi connectivity index (χ0) is 17.5. The first-order valence-electron chi connectivity index (χ1n) is 7.64. The van der Waals surface area contributed by atoms with Crippen molar-refractivity contribution in [3.05, 3.63) is 89.9 Å². The van der Waals surface area contributed by atoms with Crippen LogP contribution in [0.1, 0.15) is 21.9 Å². The van der Waals surface area contributed by atoms with Gasteiger partial charge in [0, 0.05) is 12.6 Å². The molecule has 0 aliphatic carbocycles. The van der Waals surface area contributed by atoms with E-state index in [1.807, 2.05) is 30.3 Å². The Hall–Kier alpha value is -3.54. The highest BCUT2D eigenvalue weighted by atomic mass is 16.3. The number of amides is 2. The number of benzene rings is 1. The molecular weight excluding hydrogens is 320 g/mol. The molecule has 6 heteroatoms. The number of hydrogen-bond donors (Lipinski definition) is 2. The Morgan fingerprint density at radius 1 is 0.920 bits per heavy atom. The van der Waals surface area contributed by atoms with Gasteiger partial charge in [-0.05, 0) is 29.8 Å². The molecule has 25 heavy (non-hydrogen) atoms. The molecule has 2 aromatic heterocycles. The van der Waals surface area contributed by atoms with Gasteiger partial charge in [0.1, 0.15) is 11.5 Å². The summed E-state index contributed by atoms with van der Waals surface area (Å²) in [7, 11) is 0. The summed E-state index contributed by atoms with van der Waals surface area (Å²) in [6, 6.07) is 16.0. The topological polar surface area (TPSA) is 84.5 Å². The third kappa shape index (κ3) is 4.48. The van der Waals surface area contributed by atoms with Crippen LogP contribution in [0.4, 0.5) is 0 Å². The fourth-order valence-electron chi connectivity index (χ4n) is 2.14. The van der Waals surface area contributed by atoms with Crippen molar-refractivity contribution in [2.75, 3.05) is 0 Å². The van der Waals surface area contributed by atoms with Crippen LogP contribution in [0.5, 0.6) is 0 Å². The van der Waals surface area contributed by atoms with Gasteiger partial charge in [-0.2, -0.15) is 0 Å². The van der Waals surface area contributed by atoms with E-state index in [0.717, 1.165) is 5.56 Å². The number of nitrogens with one attached hydrogen (secondary N) is 2. The smallest absolute Gasteiger partial charge is 0.291 e. The molecule has 3 rings (SSSR count). The summed E-state index contributed by atoms with van der Waals surface area (Å²) in [5, 5.41) is 5.32. The van der Waals surface area contributed by atoms with Gasteiger partial charge in [-0.3, -0.25) is 9.59 Å². The average Bonchev–Trinajstić information content (AvgIpc) is 3.33. The largest absolute Gasteiger partial charge is 0.465 e. The quantitative estimate of drug-likeness (QED) is 0.678. The van der Waals surface area contributed by atoms with Gasteiger partial charge in [0.2, 0.25) is 0 Å². The zero-order valence-corrected chi connectivity index (χ0v) is 13.3. The Labute approximate surface area is 144 Å². The molecule has 0 aliphatic rings. The summed E-state index contributed by atoms with van der Waals surface area (Å²) in [6.45, 7) is 0.339. The van der Waals surface area contributed by atoms with E-state index >= 15 is 0 Å². The Kier molecular flexibility index (Phi) is 5.11. The molecule has 0 saturated heterocycles. The van der Waals surface area contributed by atoms with E-state index in [1.165, 1.54) is 24.7 Å². The average molecular weight is 336 g/mol. The molecule has 2 N–H and O–H groups in total. The van der Waals surface area contributed by atoms with E-state index in [2.05, 4.69) is 10.6 Å². The summed E-state index contributed by atoms with van der Waals surface area (Å²) in [6.07, 6.45) is 4.33. The van der Waals surface area contributed by atoms with Crippen molar-refractivity contribution < 1.29 is 18.4 Å². The summed E-state index contributed by atoms with van der Waals surface area (Å²) < 4.78 is 10.3. The molecule has 0 spiro atoms. The minimum Gasteiger partial charge on any atom is -0.465 e. The molecule has 2 amide bonds. The molecule has 0 bridgehead atoms. The van der Waals surface area contributed by atoms with Gasteiger partial charge in [-0.15, -0.1) is 0 Å². The third-order valence-corrected chi connectivity index (χ3v) is 3.36. The van der Waals surface area contributed by atoms with E-state index in [4.69, 9.17) is 8.83 Å². The van der Waals surface area contributed by atoms with Gasteiger partial charge < -0.3 is 19.5 Å². The Balaban J connectivity index is 1.73. The van der Waals surface area contributed by atoms with Crippen LogP contribution in [0.3, 0.4) is 0 Å². The van der Waals surface area contributed by atoms with Crippen LogP contribution >= 0.6 is 0 Å². The highest BCUT2D eigenvalue weighted by molar-refractivity contribution is 6.04. The summed E-state index contributed by atoms with van der Waals surface area (Å²) in [4.78, 5) is 24.6. The van der Waals surface area contributed by atoms with E-state index < -0.39 is 11.8 Å². The first-order chi connectivity index (χ1) is 12.2. The van der Waals surface area contributed by atoms with Crippen molar-refractivity contribution in [3.63, 3.8) is 0 Å². The van der Waals surface area contributed by atoms with Crippen LogP contribution in [-0.4, -0.2) is 11.8 Å². The van der Waals surface area contributed by atoms with Gasteiger partial charge in [-0.25, -0.2) is 0 Å². The number of carbonyl (C=O) groups excluding carboxylic acids is 2. The maximum absolute atomic E-state index is 12.5. The number of carbonyl (C=O) groups is 2. The van der Waals surface area contributed by atoms with Crippen molar-refractivity contribution in [2.24, 2.45) is 0 Å². The molecule has 3 aromatic rings. The molecule has 0 unspecified atom stereocenters. The molecule has 0 atom stereocenters. The van der Waals surface area contributed by atoms with Crippen molar-refractivity contribution in [3.8, 4) is 0 Å². The molecular formula is C19H16N2O4. The second kappa shape index (κ2) is 7.83. The van der Waals surface area contributed by atoms with Gasteiger partial charge in [0.05, 0.1) is 12.5 Å². The minimum atomic E-state index is -0.516. The molecule has 0 radical (unpaired) electrons. The van der Waals surface area contributed by atoms with Crippen LogP contribution in [-0.2, 0) is 11.3 Å². The van der Waals surface area contributed by atoms with Crippen molar-refractivity contribution in [2.45, 2.75) is 6.54 Å². The van der Waals surface area contributed by atoms with Crippen molar-refractivity contribution in [1.82, 2.24) is 10.6 Å². The predicted molar refractivity (Wildman–Crippen MR) is 91.1 cm³/mol. The van der Waals surface area contributed by atoms with Gasteiger partial charge >= 0.3 is 0 Å². The highest BCUT2D eigenvalue weighted by Gasteiger charge is 2.16. The SMILES string of the molecule is O=C(NCc1ccccc1)/C(=C/c1ccco1)NC(=O)c1ccco1. The molecule has 6 nitrogen and oxygen atoms in total. The normalized spacial score (nSPS) is 11.1. The second-order valence-corrected chi connectivity index (χ2v) is 5.17. The molecule has 0 aliphatic heterocycles. The van der Waals surface area contributed by atoms with Crippen LogP contribution in [0.2, 0.25) is 0 Å². The van der Waals surface area contributed by atoms with Gasteiger partial charge in [0.25, 0.3) is 11.8 Å². The summed E-state index contributed by atoms with van der Waals surface area (Å²) >= 11 is 0. The Morgan fingerprint density at radius 2 is 1.68 bits per heavy atom. The Morgan fingerprint density at radius 3 is 2.36 bits per heavy atom. The fourth-order valence-corrected chi connectivity index (χ4v) is 2.14. The minimum absolute atomic E-state index is 0.0623. The summed E-state index contributed by atoms with van der Waals surface area (Å²) in [5.74, 6) is -0.386. The van der Waals surface area contributed by atoms with Crippen LogP contribution in [0.25, 0.3) is 6.08 Å². The van der Waals surface area contributed by atoms with Crippen LogP contribution in [0.15, 0.2) is 81.7 Å². The first-order valence-corrected chi connectivity index (χ1v) is 7.64. The third-order valence-electron chi connectivity index (χ3n) is 3.36. The van der Waals surface area contributed by atoms with Gasteiger partial charge in [-0.1, -0.05) is 30.3 Å². The lowest BCUT2D eigenvalue weighted by Crippen LogP contribution is -2.34. The van der Waals surface area contributed by atoms with Crippen LogP contribution in [0, 0.1) is 0 Å². The Bertz CT molecular complexity index is 850. The monoisotopic (exact) mass is 336 g/mol. The van der Waals surface area contributed by atoms with Crippen LogP contribution < -0.4 is 10.6 Å².